The molecule has 3 aromatic rings. The third-order valence-corrected chi connectivity index (χ3v) is 8.63. The summed E-state index contributed by atoms with van der Waals surface area (Å²) in [6.07, 6.45) is 1.64. The molecule has 0 radical (unpaired) electrons. The van der Waals surface area contributed by atoms with Crippen LogP contribution in [0.3, 0.4) is 0 Å². The SMILES string of the molecule is CN(C)S(=O)(=O)N(Cc1ccc(C(=O)NCC2(c3ccccc3)CCOCC2)cc1)c1ccccc1F. The van der Waals surface area contributed by atoms with Gasteiger partial charge in [-0.05, 0) is 48.2 Å². The van der Waals surface area contributed by atoms with Gasteiger partial charge in [-0.2, -0.15) is 12.7 Å². The van der Waals surface area contributed by atoms with Crippen LogP contribution < -0.4 is 9.62 Å². The summed E-state index contributed by atoms with van der Waals surface area (Å²) in [5.74, 6) is -0.843. The highest BCUT2D eigenvalue weighted by Gasteiger charge is 2.35. The zero-order valence-corrected chi connectivity index (χ0v) is 21.9. The number of amides is 1. The van der Waals surface area contributed by atoms with Crippen molar-refractivity contribution in [3.63, 3.8) is 0 Å². The minimum absolute atomic E-state index is 0.0410. The van der Waals surface area contributed by atoms with Gasteiger partial charge in [-0.3, -0.25) is 9.10 Å². The maximum atomic E-state index is 14.5. The molecule has 3 aromatic carbocycles. The number of anilines is 1. The second-order valence-corrected chi connectivity index (χ2v) is 11.5. The molecule has 0 spiro atoms. The smallest absolute Gasteiger partial charge is 0.303 e. The lowest BCUT2D eigenvalue weighted by molar-refractivity contribution is 0.0487. The van der Waals surface area contributed by atoms with E-state index in [4.69, 9.17) is 4.74 Å². The molecule has 0 saturated carbocycles. The van der Waals surface area contributed by atoms with Crippen molar-refractivity contribution in [2.45, 2.75) is 24.8 Å². The molecule has 0 bridgehead atoms. The van der Waals surface area contributed by atoms with E-state index in [0.29, 0.717) is 30.9 Å². The fourth-order valence-electron chi connectivity index (χ4n) is 4.54. The molecular formula is C28H32FN3O4S. The largest absolute Gasteiger partial charge is 0.381 e. The quantitative estimate of drug-likeness (QED) is 0.456. The van der Waals surface area contributed by atoms with Crippen LogP contribution in [-0.4, -0.2) is 52.5 Å². The second kappa shape index (κ2) is 11.4. The zero-order chi connectivity index (χ0) is 26.5. The van der Waals surface area contributed by atoms with Crippen molar-refractivity contribution in [1.82, 2.24) is 9.62 Å². The molecule has 37 heavy (non-hydrogen) atoms. The number of para-hydroxylation sites is 1. The van der Waals surface area contributed by atoms with E-state index >= 15 is 0 Å². The fraction of sp³-hybridized carbons (Fsp3) is 0.321. The van der Waals surface area contributed by atoms with Gasteiger partial charge in [0.05, 0.1) is 12.2 Å². The number of carbonyl (C=O) groups excluding carboxylic acids is 1. The van der Waals surface area contributed by atoms with Gasteiger partial charge in [-0.15, -0.1) is 0 Å². The Morgan fingerprint density at radius 2 is 1.57 bits per heavy atom. The molecule has 196 valence electrons. The summed E-state index contributed by atoms with van der Waals surface area (Å²) >= 11 is 0. The monoisotopic (exact) mass is 525 g/mol. The van der Waals surface area contributed by atoms with Gasteiger partial charge in [0, 0.05) is 44.8 Å². The van der Waals surface area contributed by atoms with Crippen LogP contribution in [0.5, 0.6) is 0 Å². The average Bonchev–Trinajstić information content (AvgIpc) is 2.92. The van der Waals surface area contributed by atoms with Crippen molar-refractivity contribution in [2.75, 3.05) is 38.2 Å². The van der Waals surface area contributed by atoms with Crippen molar-refractivity contribution >= 4 is 21.8 Å². The lowest BCUT2D eigenvalue weighted by Crippen LogP contribution is -2.44. The highest BCUT2D eigenvalue weighted by atomic mass is 32.2. The summed E-state index contributed by atoms with van der Waals surface area (Å²) in [5.41, 5.74) is 2.04. The molecule has 1 fully saturated rings. The van der Waals surface area contributed by atoms with Crippen LogP contribution in [0.1, 0.15) is 34.3 Å². The number of carbonyl (C=O) groups is 1. The molecule has 0 aromatic heterocycles. The van der Waals surface area contributed by atoms with Gasteiger partial charge in [-0.25, -0.2) is 4.39 Å². The lowest BCUT2D eigenvalue weighted by atomic mass is 9.74. The van der Waals surface area contributed by atoms with Crippen LogP contribution >= 0.6 is 0 Å². The minimum Gasteiger partial charge on any atom is -0.381 e. The Morgan fingerprint density at radius 3 is 2.19 bits per heavy atom. The minimum atomic E-state index is -3.96. The van der Waals surface area contributed by atoms with Gasteiger partial charge in [0.1, 0.15) is 5.82 Å². The second-order valence-electron chi connectivity index (χ2n) is 9.39. The number of hydrogen-bond donors (Lipinski definition) is 1. The molecule has 1 amide bonds. The molecule has 1 saturated heterocycles. The Balaban J connectivity index is 1.49. The fourth-order valence-corrected chi connectivity index (χ4v) is 5.65. The van der Waals surface area contributed by atoms with Crippen LogP contribution in [-0.2, 0) is 26.9 Å². The number of hydrogen-bond acceptors (Lipinski definition) is 4. The molecule has 1 heterocycles. The number of rotatable bonds is 9. The van der Waals surface area contributed by atoms with Gasteiger partial charge in [0.25, 0.3) is 5.91 Å². The van der Waals surface area contributed by atoms with Gasteiger partial charge < -0.3 is 10.1 Å². The van der Waals surface area contributed by atoms with Crippen molar-refractivity contribution in [3.05, 3.63) is 101 Å². The van der Waals surface area contributed by atoms with Crippen molar-refractivity contribution < 1.29 is 22.3 Å². The van der Waals surface area contributed by atoms with Crippen LogP contribution in [0.2, 0.25) is 0 Å². The van der Waals surface area contributed by atoms with E-state index in [-0.39, 0.29) is 23.6 Å². The Labute approximate surface area is 218 Å². The Hall–Kier alpha value is -3.27. The first-order chi connectivity index (χ1) is 17.7. The molecule has 4 rings (SSSR count). The van der Waals surface area contributed by atoms with E-state index in [1.54, 1.807) is 30.3 Å². The van der Waals surface area contributed by atoms with Crippen molar-refractivity contribution in [2.24, 2.45) is 0 Å². The van der Waals surface area contributed by atoms with Gasteiger partial charge in [-0.1, -0.05) is 54.6 Å². The topological polar surface area (TPSA) is 79.0 Å². The number of halogens is 1. The van der Waals surface area contributed by atoms with Crippen molar-refractivity contribution in [3.8, 4) is 0 Å². The summed E-state index contributed by atoms with van der Waals surface area (Å²) in [5, 5.41) is 3.08. The highest BCUT2D eigenvalue weighted by molar-refractivity contribution is 7.90. The van der Waals surface area contributed by atoms with Crippen LogP contribution in [0.4, 0.5) is 10.1 Å². The Kier molecular flexibility index (Phi) is 8.26. The molecule has 1 aliphatic heterocycles. The standard InChI is InChI=1S/C28H32FN3O4S/c1-31(2)37(34,35)32(26-11-7-6-10-25(26)29)20-22-12-14-23(15-13-22)27(33)30-21-28(16-18-36-19-17-28)24-8-4-3-5-9-24/h3-15H,16-21H2,1-2H3,(H,30,33). The maximum Gasteiger partial charge on any atom is 0.303 e. The average molecular weight is 526 g/mol. The molecule has 0 aliphatic carbocycles. The molecule has 7 nitrogen and oxygen atoms in total. The van der Waals surface area contributed by atoms with Gasteiger partial charge >= 0.3 is 10.2 Å². The molecule has 1 N–H and O–H groups in total. The van der Waals surface area contributed by atoms with E-state index in [1.807, 2.05) is 18.2 Å². The molecule has 1 aliphatic rings. The third kappa shape index (κ3) is 6.01. The van der Waals surface area contributed by atoms with E-state index in [2.05, 4.69) is 17.4 Å². The zero-order valence-electron chi connectivity index (χ0n) is 21.1. The maximum absolute atomic E-state index is 14.5. The molecular weight excluding hydrogens is 493 g/mol. The number of nitrogens with zero attached hydrogens (tertiary/aromatic N) is 2. The lowest BCUT2D eigenvalue weighted by Gasteiger charge is -2.38. The highest BCUT2D eigenvalue weighted by Crippen LogP contribution is 2.34. The normalized spacial score (nSPS) is 15.4. The number of ether oxygens (including phenoxy) is 1. The summed E-state index contributed by atoms with van der Waals surface area (Å²) in [6, 6.07) is 22.6. The van der Waals surface area contributed by atoms with Crippen LogP contribution in [0.25, 0.3) is 0 Å². The first kappa shape index (κ1) is 26.8. The number of nitrogens with one attached hydrogen (secondary N) is 1. The predicted molar refractivity (Wildman–Crippen MR) is 142 cm³/mol. The van der Waals surface area contributed by atoms with Gasteiger partial charge in [0.2, 0.25) is 0 Å². The third-order valence-electron chi connectivity index (χ3n) is 6.83. The molecule has 0 atom stereocenters. The number of benzene rings is 3. The van der Waals surface area contributed by atoms with Crippen LogP contribution in [0.15, 0.2) is 78.9 Å². The van der Waals surface area contributed by atoms with E-state index in [0.717, 1.165) is 21.5 Å². The Bertz CT molecular complexity index is 1310. The Morgan fingerprint density at radius 1 is 0.946 bits per heavy atom. The van der Waals surface area contributed by atoms with Crippen LogP contribution in [0, 0.1) is 5.82 Å². The molecule has 0 unspecified atom stereocenters. The van der Waals surface area contributed by atoms with E-state index in [1.165, 1.54) is 37.9 Å². The predicted octanol–water partition coefficient (Wildman–Crippen LogP) is 4.12. The summed E-state index contributed by atoms with van der Waals surface area (Å²) in [4.78, 5) is 13.0. The van der Waals surface area contributed by atoms with Gasteiger partial charge in [0.15, 0.2) is 0 Å². The van der Waals surface area contributed by atoms with Crippen molar-refractivity contribution in [1.29, 1.82) is 0 Å². The summed E-state index contributed by atoms with van der Waals surface area (Å²) in [6.45, 7) is 1.70. The summed E-state index contributed by atoms with van der Waals surface area (Å²) in [7, 11) is -1.16. The first-order valence-corrected chi connectivity index (χ1v) is 13.6. The summed E-state index contributed by atoms with van der Waals surface area (Å²) < 4.78 is 48.1. The first-order valence-electron chi connectivity index (χ1n) is 12.2. The van der Waals surface area contributed by atoms with E-state index in [9.17, 15) is 17.6 Å². The van der Waals surface area contributed by atoms with E-state index < -0.39 is 16.0 Å². The molecule has 9 heteroatoms.